The number of nitrogens with one attached hydrogen (secondary N) is 1. The molecule has 110 valence electrons. The zero-order valence-electron chi connectivity index (χ0n) is 12.4. The van der Waals surface area contributed by atoms with Crippen LogP contribution in [0.15, 0.2) is 43.0 Å². The molecule has 0 radical (unpaired) electrons. The molecule has 5 nitrogen and oxygen atoms in total. The first-order chi connectivity index (χ1) is 10.2. The highest BCUT2D eigenvalue weighted by Gasteiger charge is 2.13. The SMILES string of the molecule is CCN(CC)C(=O)c1cncc(NCc2cccnc2)c1. The molecule has 0 saturated carbocycles. The Balaban J connectivity index is 2.05. The van der Waals surface area contributed by atoms with Crippen molar-refractivity contribution >= 4 is 11.6 Å². The highest BCUT2D eigenvalue weighted by molar-refractivity contribution is 5.94. The topological polar surface area (TPSA) is 58.1 Å². The fraction of sp³-hybridized carbons (Fsp3) is 0.312. The van der Waals surface area contributed by atoms with Gasteiger partial charge in [0.2, 0.25) is 0 Å². The van der Waals surface area contributed by atoms with Crippen LogP contribution in [0.2, 0.25) is 0 Å². The normalized spacial score (nSPS) is 10.2. The van der Waals surface area contributed by atoms with E-state index in [2.05, 4.69) is 15.3 Å². The largest absolute Gasteiger partial charge is 0.380 e. The monoisotopic (exact) mass is 284 g/mol. The van der Waals surface area contributed by atoms with Gasteiger partial charge in [-0.3, -0.25) is 14.8 Å². The number of amides is 1. The van der Waals surface area contributed by atoms with Gasteiger partial charge in [0.05, 0.1) is 11.3 Å². The first-order valence-electron chi connectivity index (χ1n) is 7.11. The maximum atomic E-state index is 12.3. The molecule has 5 heteroatoms. The molecule has 2 heterocycles. The van der Waals surface area contributed by atoms with Crippen LogP contribution in [-0.2, 0) is 6.54 Å². The van der Waals surface area contributed by atoms with Crippen LogP contribution in [0.4, 0.5) is 5.69 Å². The van der Waals surface area contributed by atoms with Crippen LogP contribution in [0.1, 0.15) is 29.8 Å². The molecule has 0 aliphatic carbocycles. The number of rotatable bonds is 6. The van der Waals surface area contributed by atoms with Crippen molar-refractivity contribution in [2.45, 2.75) is 20.4 Å². The molecule has 0 unspecified atom stereocenters. The van der Waals surface area contributed by atoms with Crippen molar-refractivity contribution in [1.29, 1.82) is 0 Å². The van der Waals surface area contributed by atoms with Gasteiger partial charge in [-0.1, -0.05) is 6.07 Å². The Kier molecular flexibility index (Phi) is 5.26. The quantitative estimate of drug-likeness (QED) is 0.885. The summed E-state index contributed by atoms with van der Waals surface area (Å²) < 4.78 is 0. The highest BCUT2D eigenvalue weighted by Crippen LogP contribution is 2.12. The molecule has 0 aliphatic heterocycles. The summed E-state index contributed by atoms with van der Waals surface area (Å²) in [4.78, 5) is 22.3. The summed E-state index contributed by atoms with van der Waals surface area (Å²) in [6.45, 7) is 5.99. The first-order valence-corrected chi connectivity index (χ1v) is 7.11. The lowest BCUT2D eigenvalue weighted by molar-refractivity contribution is 0.0772. The van der Waals surface area contributed by atoms with Gasteiger partial charge in [0, 0.05) is 44.4 Å². The van der Waals surface area contributed by atoms with Gasteiger partial charge in [0.1, 0.15) is 0 Å². The molecule has 2 aromatic rings. The third kappa shape index (κ3) is 4.02. The average Bonchev–Trinajstić information content (AvgIpc) is 2.55. The van der Waals surface area contributed by atoms with Gasteiger partial charge in [-0.25, -0.2) is 0 Å². The van der Waals surface area contributed by atoms with Crippen molar-refractivity contribution in [1.82, 2.24) is 14.9 Å². The third-order valence-corrected chi connectivity index (χ3v) is 3.26. The van der Waals surface area contributed by atoms with E-state index in [-0.39, 0.29) is 5.91 Å². The molecular formula is C16H20N4O. The number of carbonyl (C=O) groups excluding carboxylic acids is 1. The van der Waals surface area contributed by atoms with Crippen molar-refractivity contribution in [3.05, 3.63) is 54.1 Å². The van der Waals surface area contributed by atoms with Crippen molar-refractivity contribution in [3.8, 4) is 0 Å². The number of nitrogens with zero attached hydrogens (tertiary/aromatic N) is 3. The number of hydrogen-bond acceptors (Lipinski definition) is 4. The van der Waals surface area contributed by atoms with E-state index in [0.717, 1.165) is 11.3 Å². The first kappa shape index (κ1) is 15.0. The zero-order valence-corrected chi connectivity index (χ0v) is 12.4. The fourth-order valence-corrected chi connectivity index (χ4v) is 2.05. The van der Waals surface area contributed by atoms with Crippen molar-refractivity contribution < 1.29 is 4.79 Å². The van der Waals surface area contributed by atoms with Crippen molar-refractivity contribution in [3.63, 3.8) is 0 Å². The van der Waals surface area contributed by atoms with Gasteiger partial charge < -0.3 is 10.2 Å². The predicted octanol–water partition coefficient (Wildman–Crippen LogP) is 2.57. The molecule has 1 amide bonds. The summed E-state index contributed by atoms with van der Waals surface area (Å²) >= 11 is 0. The number of aromatic nitrogens is 2. The summed E-state index contributed by atoms with van der Waals surface area (Å²) in [5.74, 6) is 0.0116. The summed E-state index contributed by atoms with van der Waals surface area (Å²) in [5, 5.41) is 3.26. The molecular weight excluding hydrogens is 264 g/mol. The molecule has 2 aromatic heterocycles. The Morgan fingerprint density at radius 1 is 1.19 bits per heavy atom. The Hall–Kier alpha value is -2.43. The van der Waals surface area contributed by atoms with Crippen LogP contribution >= 0.6 is 0 Å². The second-order valence-electron chi connectivity index (χ2n) is 4.65. The molecule has 0 atom stereocenters. The van der Waals surface area contributed by atoms with Gasteiger partial charge in [-0.15, -0.1) is 0 Å². The lowest BCUT2D eigenvalue weighted by Gasteiger charge is -2.18. The smallest absolute Gasteiger partial charge is 0.255 e. The average molecular weight is 284 g/mol. The standard InChI is InChI=1S/C16H20N4O/c1-3-20(4-2)16(21)14-8-15(12-18-11-14)19-10-13-6-5-7-17-9-13/h5-9,11-12,19H,3-4,10H2,1-2H3. The minimum Gasteiger partial charge on any atom is -0.380 e. The molecule has 21 heavy (non-hydrogen) atoms. The number of carbonyl (C=O) groups is 1. The third-order valence-electron chi connectivity index (χ3n) is 3.26. The Morgan fingerprint density at radius 2 is 2.00 bits per heavy atom. The van der Waals surface area contributed by atoms with E-state index in [9.17, 15) is 4.79 Å². The number of anilines is 1. The number of hydrogen-bond donors (Lipinski definition) is 1. The van der Waals surface area contributed by atoms with Gasteiger partial charge in [-0.05, 0) is 31.5 Å². The molecule has 0 fully saturated rings. The molecule has 1 N–H and O–H groups in total. The summed E-state index contributed by atoms with van der Waals surface area (Å²) in [6.07, 6.45) is 6.88. The van der Waals surface area contributed by atoms with Crippen molar-refractivity contribution in [2.24, 2.45) is 0 Å². The Bertz CT molecular complexity index is 582. The molecule has 0 saturated heterocycles. The lowest BCUT2D eigenvalue weighted by Crippen LogP contribution is -2.30. The fourth-order valence-electron chi connectivity index (χ4n) is 2.05. The molecule has 2 rings (SSSR count). The van der Waals surface area contributed by atoms with Gasteiger partial charge in [-0.2, -0.15) is 0 Å². The molecule has 0 bridgehead atoms. The maximum absolute atomic E-state index is 12.3. The number of pyridine rings is 2. The highest BCUT2D eigenvalue weighted by atomic mass is 16.2. The lowest BCUT2D eigenvalue weighted by atomic mass is 10.2. The summed E-state index contributed by atoms with van der Waals surface area (Å²) in [6, 6.07) is 5.73. The van der Waals surface area contributed by atoms with Gasteiger partial charge in [0.25, 0.3) is 5.91 Å². The predicted molar refractivity (Wildman–Crippen MR) is 83.1 cm³/mol. The minimum atomic E-state index is 0.0116. The van der Waals surface area contributed by atoms with Crippen LogP contribution in [0.25, 0.3) is 0 Å². The van der Waals surface area contributed by atoms with E-state index in [1.165, 1.54) is 0 Å². The summed E-state index contributed by atoms with van der Waals surface area (Å²) in [7, 11) is 0. The van der Waals surface area contributed by atoms with E-state index in [1.54, 1.807) is 23.5 Å². The Labute approximate surface area is 125 Å². The minimum absolute atomic E-state index is 0.0116. The maximum Gasteiger partial charge on any atom is 0.255 e. The summed E-state index contributed by atoms with van der Waals surface area (Å²) in [5.41, 5.74) is 2.52. The van der Waals surface area contributed by atoms with E-state index in [0.29, 0.717) is 25.2 Å². The second kappa shape index (κ2) is 7.38. The van der Waals surface area contributed by atoms with Crippen molar-refractivity contribution in [2.75, 3.05) is 18.4 Å². The van der Waals surface area contributed by atoms with Crippen LogP contribution in [0.3, 0.4) is 0 Å². The molecule has 0 aliphatic rings. The van der Waals surface area contributed by atoms with E-state index in [1.807, 2.05) is 38.2 Å². The Morgan fingerprint density at radius 3 is 2.67 bits per heavy atom. The second-order valence-corrected chi connectivity index (χ2v) is 4.65. The molecule has 0 aromatic carbocycles. The zero-order chi connectivity index (χ0) is 15.1. The van der Waals surface area contributed by atoms with Crippen LogP contribution in [0, 0.1) is 0 Å². The van der Waals surface area contributed by atoms with Crippen LogP contribution < -0.4 is 5.32 Å². The molecule has 0 spiro atoms. The van der Waals surface area contributed by atoms with Gasteiger partial charge in [0.15, 0.2) is 0 Å². The van der Waals surface area contributed by atoms with E-state index >= 15 is 0 Å². The van der Waals surface area contributed by atoms with E-state index < -0.39 is 0 Å². The van der Waals surface area contributed by atoms with Crippen LogP contribution in [-0.4, -0.2) is 33.9 Å². The van der Waals surface area contributed by atoms with Crippen LogP contribution in [0.5, 0.6) is 0 Å². The van der Waals surface area contributed by atoms with E-state index in [4.69, 9.17) is 0 Å². The van der Waals surface area contributed by atoms with Gasteiger partial charge >= 0.3 is 0 Å².